The number of aliphatic hydroxyl groups is 1. The van der Waals surface area contributed by atoms with Gasteiger partial charge in [-0.2, -0.15) is 0 Å². The fraction of sp³-hybridized carbons (Fsp3) is 0.636. The third kappa shape index (κ3) is 4.06. The van der Waals surface area contributed by atoms with Gasteiger partial charge in [0, 0.05) is 10.9 Å². The Kier molecular flexibility index (Phi) is 5.58. The summed E-state index contributed by atoms with van der Waals surface area (Å²) in [5, 5.41) is 10.7. The molecule has 1 unspecified atom stereocenters. The highest BCUT2D eigenvalue weighted by Gasteiger charge is 2.21. The maximum atomic E-state index is 12.0. The molecule has 1 heterocycles. The summed E-state index contributed by atoms with van der Waals surface area (Å²) in [4.78, 5) is 0.688. The van der Waals surface area contributed by atoms with E-state index in [2.05, 4.69) is 11.6 Å². The van der Waals surface area contributed by atoms with E-state index in [9.17, 15) is 8.42 Å². The molecule has 0 spiro atoms. The zero-order valence-corrected chi connectivity index (χ0v) is 11.8. The van der Waals surface area contributed by atoms with Crippen LogP contribution in [0.3, 0.4) is 0 Å². The topological polar surface area (TPSA) is 66.4 Å². The number of nitrogens with one attached hydrogen (secondary N) is 1. The first-order chi connectivity index (χ1) is 8.01. The summed E-state index contributed by atoms with van der Waals surface area (Å²) >= 11 is 1.25. The molecule has 1 aromatic rings. The maximum absolute atomic E-state index is 12.0. The van der Waals surface area contributed by atoms with Crippen LogP contribution in [0.2, 0.25) is 0 Å². The lowest BCUT2D eigenvalue weighted by molar-refractivity contribution is 0.282. The van der Waals surface area contributed by atoms with Crippen molar-refractivity contribution in [2.75, 3.05) is 0 Å². The SMILES string of the molecule is CCCCC(C)NS(=O)(=O)c1ccsc1CO. The molecule has 0 saturated carbocycles. The monoisotopic (exact) mass is 277 g/mol. The minimum Gasteiger partial charge on any atom is -0.391 e. The minimum absolute atomic E-state index is 0.0774. The van der Waals surface area contributed by atoms with E-state index >= 15 is 0 Å². The van der Waals surface area contributed by atoms with Crippen LogP contribution in [-0.2, 0) is 16.6 Å². The van der Waals surface area contributed by atoms with Gasteiger partial charge >= 0.3 is 0 Å². The molecule has 1 atom stereocenters. The second-order valence-electron chi connectivity index (χ2n) is 4.03. The second kappa shape index (κ2) is 6.49. The lowest BCUT2D eigenvalue weighted by Gasteiger charge is -2.13. The third-order valence-electron chi connectivity index (χ3n) is 2.48. The molecule has 0 radical (unpaired) electrons. The number of aliphatic hydroxyl groups excluding tert-OH is 1. The highest BCUT2D eigenvalue weighted by atomic mass is 32.2. The van der Waals surface area contributed by atoms with E-state index in [4.69, 9.17) is 5.11 Å². The highest BCUT2D eigenvalue weighted by Crippen LogP contribution is 2.22. The predicted octanol–water partition coefficient (Wildman–Crippen LogP) is 2.10. The van der Waals surface area contributed by atoms with Crippen LogP contribution < -0.4 is 4.72 Å². The van der Waals surface area contributed by atoms with E-state index in [1.807, 2.05) is 6.92 Å². The van der Waals surface area contributed by atoms with Gasteiger partial charge in [-0.15, -0.1) is 11.3 Å². The molecular formula is C11H19NO3S2. The first-order valence-electron chi connectivity index (χ1n) is 5.70. The highest BCUT2D eigenvalue weighted by molar-refractivity contribution is 7.89. The van der Waals surface area contributed by atoms with Crippen LogP contribution in [0.25, 0.3) is 0 Å². The molecule has 0 amide bonds. The Hall–Kier alpha value is -0.430. The van der Waals surface area contributed by atoms with Crippen molar-refractivity contribution >= 4 is 21.4 Å². The quantitative estimate of drug-likeness (QED) is 0.802. The summed E-state index contributed by atoms with van der Waals surface area (Å²) in [6.45, 7) is 3.69. The molecule has 0 aliphatic heterocycles. The van der Waals surface area contributed by atoms with E-state index in [0.717, 1.165) is 19.3 Å². The number of sulfonamides is 1. The van der Waals surface area contributed by atoms with Crippen molar-refractivity contribution in [3.8, 4) is 0 Å². The Morgan fingerprint density at radius 3 is 2.82 bits per heavy atom. The minimum atomic E-state index is -3.49. The zero-order valence-electron chi connectivity index (χ0n) is 10.1. The molecule has 2 N–H and O–H groups in total. The molecule has 0 aliphatic carbocycles. The predicted molar refractivity (Wildman–Crippen MR) is 69.6 cm³/mol. The number of thiophene rings is 1. The van der Waals surface area contributed by atoms with Crippen LogP contribution >= 0.6 is 11.3 Å². The van der Waals surface area contributed by atoms with Crippen LogP contribution in [0.15, 0.2) is 16.3 Å². The molecule has 0 fully saturated rings. The van der Waals surface area contributed by atoms with Crippen molar-refractivity contribution in [1.82, 2.24) is 4.72 Å². The Bertz CT molecular complexity index is 439. The molecule has 0 saturated heterocycles. The fourth-order valence-electron chi connectivity index (χ4n) is 1.58. The Morgan fingerprint density at radius 2 is 2.24 bits per heavy atom. The zero-order chi connectivity index (χ0) is 12.9. The van der Waals surface area contributed by atoms with Gasteiger partial charge in [0.2, 0.25) is 10.0 Å². The van der Waals surface area contributed by atoms with E-state index in [-0.39, 0.29) is 17.5 Å². The number of unbranched alkanes of at least 4 members (excludes halogenated alkanes) is 1. The largest absolute Gasteiger partial charge is 0.391 e. The maximum Gasteiger partial charge on any atom is 0.242 e. The standard InChI is InChI=1S/C11H19NO3S2/c1-3-4-5-9(2)12-17(14,15)11-6-7-16-10(11)8-13/h6-7,9,12-13H,3-5,8H2,1-2H3. The van der Waals surface area contributed by atoms with Crippen LogP contribution in [-0.4, -0.2) is 19.6 Å². The molecule has 6 heteroatoms. The number of hydrogen-bond donors (Lipinski definition) is 2. The lowest BCUT2D eigenvalue weighted by atomic mass is 10.2. The average Bonchev–Trinajstić information content (AvgIpc) is 2.74. The molecule has 1 aromatic heterocycles. The average molecular weight is 277 g/mol. The van der Waals surface area contributed by atoms with Crippen molar-refractivity contribution in [3.63, 3.8) is 0 Å². The van der Waals surface area contributed by atoms with Crippen molar-refractivity contribution in [3.05, 3.63) is 16.3 Å². The molecule has 0 bridgehead atoms. The van der Waals surface area contributed by atoms with Gasteiger partial charge in [0.05, 0.1) is 11.5 Å². The summed E-state index contributed by atoms with van der Waals surface area (Å²) in [6.07, 6.45) is 2.88. The molecule has 0 aliphatic rings. The van der Waals surface area contributed by atoms with Gasteiger partial charge in [0.15, 0.2) is 0 Å². The molecule has 0 aromatic carbocycles. The first-order valence-corrected chi connectivity index (χ1v) is 8.07. The van der Waals surface area contributed by atoms with Crippen molar-refractivity contribution in [2.45, 2.75) is 50.7 Å². The van der Waals surface area contributed by atoms with Gasteiger partial charge in [-0.05, 0) is 24.8 Å². The molecular weight excluding hydrogens is 258 g/mol. The van der Waals surface area contributed by atoms with E-state index < -0.39 is 10.0 Å². The van der Waals surface area contributed by atoms with Gasteiger partial charge in [0.1, 0.15) is 0 Å². The Balaban J connectivity index is 2.75. The van der Waals surface area contributed by atoms with Crippen LogP contribution in [0.1, 0.15) is 38.0 Å². The molecule has 17 heavy (non-hydrogen) atoms. The Labute approximate surface area is 107 Å². The van der Waals surface area contributed by atoms with Gasteiger partial charge in [0.25, 0.3) is 0 Å². The van der Waals surface area contributed by atoms with Crippen LogP contribution in [0.5, 0.6) is 0 Å². The summed E-state index contributed by atoms with van der Waals surface area (Å²) in [5.41, 5.74) is 0. The first kappa shape index (κ1) is 14.6. The third-order valence-corrected chi connectivity index (χ3v) is 5.19. The van der Waals surface area contributed by atoms with E-state index in [1.54, 1.807) is 5.38 Å². The van der Waals surface area contributed by atoms with Gasteiger partial charge in [-0.25, -0.2) is 13.1 Å². The summed E-state index contributed by atoms with van der Waals surface area (Å²) in [5.74, 6) is 0. The smallest absolute Gasteiger partial charge is 0.242 e. The summed E-state index contributed by atoms with van der Waals surface area (Å²) < 4.78 is 26.7. The van der Waals surface area contributed by atoms with Crippen molar-refractivity contribution in [1.29, 1.82) is 0 Å². The van der Waals surface area contributed by atoms with Crippen LogP contribution in [0.4, 0.5) is 0 Å². The lowest BCUT2D eigenvalue weighted by Crippen LogP contribution is -2.32. The summed E-state index contributed by atoms with van der Waals surface area (Å²) in [7, 11) is -3.49. The molecule has 1 rings (SSSR count). The summed E-state index contributed by atoms with van der Waals surface area (Å²) in [6, 6.07) is 1.46. The van der Waals surface area contributed by atoms with Crippen molar-refractivity contribution in [2.24, 2.45) is 0 Å². The second-order valence-corrected chi connectivity index (χ2v) is 6.71. The Morgan fingerprint density at radius 1 is 1.53 bits per heavy atom. The van der Waals surface area contributed by atoms with Crippen molar-refractivity contribution < 1.29 is 13.5 Å². The van der Waals surface area contributed by atoms with Gasteiger partial charge in [-0.3, -0.25) is 0 Å². The van der Waals surface area contributed by atoms with Gasteiger partial charge < -0.3 is 5.11 Å². The molecule has 98 valence electrons. The van der Waals surface area contributed by atoms with Gasteiger partial charge in [-0.1, -0.05) is 19.8 Å². The number of hydrogen-bond acceptors (Lipinski definition) is 4. The fourth-order valence-corrected chi connectivity index (χ4v) is 4.15. The van der Waals surface area contributed by atoms with E-state index in [1.165, 1.54) is 17.4 Å². The number of rotatable bonds is 7. The van der Waals surface area contributed by atoms with Crippen LogP contribution in [0, 0.1) is 0 Å². The van der Waals surface area contributed by atoms with E-state index in [0.29, 0.717) is 4.88 Å². The normalized spacial score (nSPS) is 13.8. The molecule has 4 nitrogen and oxygen atoms in total.